The summed E-state index contributed by atoms with van der Waals surface area (Å²) in [5.41, 5.74) is 1.45. The molecule has 0 N–H and O–H groups in total. The van der Waals surface area contributed by atoms with Crippen molar-refractivity contribution < 1.29 is 9.47 Å². The maximum atomic E-state index is 5.93. The number of hydrogen-bond acceptors (Lipinski definition) is 5. The zero-order valence-corrected chi connectivity index (χ0v) is 15.3. The molecule has 24 heavy (non-hydrogen) atoms. The molecule has 0 saturated carbocycles. The van der Waals surface area contributed by atoms with E-state index in [1.807, 2.05) is 30.3 Å². The maximum Gasteiger partial charge on any atom is 0.357 e. The summed E-state index contributed by atoms with van der Waals surface area (Å²) in [5.74, 6) is 0.442. The molecule has 1 aromatic heterocycles. The van der Waals surface area contributed by atoms with Crippen molar-refractivity contribution in [3.05, 3.63) is 41.6 Å². The van der Waals surface area contributed by atoms with E-state index in [0.717, 1.165) is 18.4 Å². The van der Waals surface area contributed by atoms with Gasteiger partial charge < -0.3 is 9.47 Å². The zero-order valence-electron chi connectivity index (χ0n) is 13.7. The van der Waals surface area contributed by atoms with E-state index < -0.39 is 0 Å². The fourth-order valence-corrected chi connectivity index (χ4v) is 2.52. The lowest BCUT2D eigenvalue weighted by Crippen LogP contribution is -2.12. The first-order valence-electron chi connectivity index (χ1n) is 8.14. The van der Waals surface area contributed by atoms with E-state index >= 15 is 0 Å². The second kappa shape index (κ2) is 10.2. The van der Waals surface area contributed by atoms with Gasteiger partial charge in [-0.15, -0.1) is 10.2 Å². The predicted molar refractivity (Wildman–Crippen MR) is 100 cm³/mol. The molecule has 0 saturated heterocycles. The van der Waals surface area contributed by atoms with Crippen LogP contribution in [0.25, 0.3) is 11.3 Å². The molecular formula is C18H21ClN2O2S. The van der Waals surface area contributed by atoms with Gasteiger partial charge in [0.15, 0.2) is 10.9 Å². The Morgan fingerprint density at radius 3 is 2.58 bits per heavy atom. The molecule has 0 amide bonds. The Bertz CT molecular complexity index is 653. The first-order valence-corrected chi connectivity index (χ1v) is 8.92. The van der Waals surface area contributed by atoms with E-state index in [1.165, 1.54) is 19.3 Å². The number of aromatic nitrogens is 2. The third kappa shape index (κ3) is 6.06. The van der Waals surface area contributed by atoms with Crippen molar-refractivity contribution in [1.82, 2.24) is 10.2 Å². The van der Waals surface area contributed by atoms with E-state index in [1.54, 1.807) is 6.07 Å². The quantitative estimate of drug-likeness (QED) is 0.460. The van der Waals surface area contributed by atoms with Gasteiger partial charge in [0.2, 0.25) is 0 Å². The highest BCUT2D eigenvalue weighted by Crippen LogP contribution is 2.29. The second-order valence-electron chi connectivity index (χ2n) is 5.36. The van der Waals surface area contributed by atoms with Gasteiger partial charge in [-0.25, -0.2) is 0 Å². The Morgan fingerprint density at radius 1 is 1.08 bits per heavy atom. The van der Waals surface area contributed by atoms with Gasteiger partial charge >= 0.3 is 5.24 Å². The monoisotopic (exact) mass is 364 g/mol. The van der Waals surface area contributed by atoms with Crippen LogP contribution in [0.15, 0.2) is 36.4 Å². The van der Waals surface area contributed by atoms with Crippen LogP contribution in [-0.2, 0) is 4.74 Å². The van der Waals surface area contributed by atoms with Crippen molar-refractivity contribution in [3.8, 4) is 17.0 Å². The molecule has 0 aliphatic rings. The first-order chi connectivity index (χ1) is 11.7. The minimum Gasteiger partial charge on any atom is -0.457 e. The summed E-state index contributed by atoms with van der Waals surface area (Å²) in [6, 6.07) is 11.2. The fourth-order valence-electron chi connectivity index (χ4n) is 2.21. The van der Waals surface area contributed by atoms with Gasteiger partial charge in [-0.3, -0.25) is 0 Å². The molecule has 0 unspecified atom stereocenters. The van der Waals surface area contributed by atoms with Crippen LogP contribution < -0.4 is 4.74 Å². The Morgan fingerprint density at radius 2 is 1.83 bits per heavy atom. The molecule has 0 spiro atoms. The van der Waals surface area contributed by atoms with Crippen molar-refractivity contribution >= 4 is 29.1 Å². The molecule has 6 heteroatoms. The molecule has 2 rings (SSSR count). The number of hydrogen-bond donors (Lipinski definition) is 0. The highest BCUT2D eigenvalue weighted by Gasteiger charge is 2.13. The number of halogens is 1. The van der Waals surface area contributed by atoms with Gasteiger partial charge in [-0.1, -0.05) is 74.5 Å². The summed E-state index contributed by atoms with van der Waals surface area (Å²) in [7, 11) is 0. The Balaban J connectivity index is 1.94. The van der Waals surface area contributed by atoms with E-state index in [4.69, 9.17) is 33.3 Å². The van der Waals surface area contributed by atoms with Crippen molar-refractivity contribution in [1.29, 1.82) is 0 Å². The third-order valence-corrected chi connectivity index (χ3v) is 3.82. The molecule has 0 aliphatic heterocycles. The minimum atomic E-state index is 0.0757. The summed E-state index contributed by atoms with van der Waals surface area (Å²) in [6.07, 6.45) is 5.79. The lowest BCUT2D eigenvalue weighted by atomic mass is 10.1. The molecule has 0 bridgehead atoms. The van der Waals surface area contributed by atoms with Gasteiger partial charge in [-0.05, 0) is 6.42 Å². The van der Waals surface area contributed by atoms with Crippen LogP contribution in [0, 0.1) is 0 Å². The average molecular weight is 365 g/mol. The molecule has 1 aromatic carbocycles. The number of rotatable bonds is 8. The van der Waals surface area contributed by atoms with Crippen molar-refractivity contribution in [2.75, 3.05) is 6.61 Å². The van der Waals surface area contributed by atoms with Gasteiger partial charge in [0.05, 0.1) is 6.61 Å². The number of ether oxygens (including phenoxy) is 2. The smallest absolute Gasteiger partial charge is 0.357 e. The van der Waals surface area contributed by atoms with Crippen molar-refractivity contribution in [3.63, 3.8) is 0 Å². The summed E-state index contributed by atoms with van der Waals surface area (Å²) in [4.78, 5) is 0. The van der Waals surface area contributed by atoms with E-state index in [-0.39, 0.29) is 10.4 Å². The molecule has 0 aliphatic carbocycles. The average Bonchev–Trinajstić information content (AvgIpc) is 2.59. The molecule has 4 nitrogen and oxygen atoms in total. The number of unbranched alkanes of at least 4 members (excludes halogenated alkanes) is 4. The summed E-state index contributed by atoms with van der Waals surface area (Å²) < 4.78 is 11.1. The van der Waals surface area contributed by atoms with E-state index in [2.05, 4.69) is 17.1 Å². The summed E-state index contributed by atoms with van der Waals surface area (Å²) in [5, 5.41) is 8.31. The maximum absolute atomic E-state index is 5.93. The number of benzene rings is 1. The van der Waals surface area contributed by atoms with Crippen LogP contribution >= 0.6 is 23.8 Å². The van der Waals surface area contributed by atoms with Crippen LogP contribution in [0.4, 0.5) is 0 Å². The Kier molecular flexibility index (Phi) is 7.92. The van der Waals surface area contributed by atoms with E-state index in [0.29, 0.717) is 18.1 Å². The van der Waals surface area contributed by atoms with E-state index in [9.17, 15) is 0 Å². The molecule has 2 aromatic rings. The van der Waals surface area contributed by atoms with Gasteiger partial charge in [0, 0.05) is 23.8 Å². The van der Waals surface area contributed by atoms with Crippen LogP contribution in [0.2, 0.25) is 5.15 Å². The van der Waals surface area contributed by atoms with Crippen LogP contribution in [0.1, 0.15) is 39.0 Å². The highest BCUT2D eigenvalue weighted by atomic mass is 35.5. The minimum absolute atomic E-state index is 0.0757. The summed E-state index contributed by atoms with van der Waals surface area (Å²) >= 11 is 11.1. The molecule has 128 valence electrons. The zero-order chi connectivity index (χ0) is 17.2. The SMILES string of the molecule is CCCCCCCOC(=S)Oc1cc(Cl)nnc1-c1ccccc1. The molecular weight excluding hydrogens is 344 g/mol. The third-order valence-electron chi connectivity index (χ3n) is 3.44. The van der Waals surface area contributed by atoms with Gasteiger partial charge in [0.1, 0.15) is 5.69 Å². The van der Waals surface area contributed by atoms with Crippen LogP contribution in [0.5, 0.6) is 5.75 Å². The van der Waals surface area contributed by atoms with Crippen LogP contribution in [-0.4, -0.2) is 22.0 Å². The molecule has 0 fully saturated rings. The highest BCUT2D eigenvalue weighted by molar-refractivity contribution is 7.79. The van der Waals surface area contributed by atoms with Gasteiger partial charge in [-0.2, -0.15) is 0 Å². The summed E-state index contributed by atoms with van der Waals surface area (Å²) in [6.45, 7) is 2.74. The molecule has 0 radical (unpaired) electrons. The standard InChI is InChI=1S/C18H21ClN2O2S/c1-2-3-4-5-9-12-22-18(24)23-15-13-16(19)20-21-17(15)14-10-7-6-8-11-14/h6-8,10-11,13H,2-5,9,12H2,1H3. The predicted octanol–water partition coefficient (Wildman–Crippen LogP) is 5.45. The number of thiocarbonyl (C=S) groups is 1. The van der Waals surface area contributed by atoms with Gasteiger partial charge in [0.25, 0.3) is 0 Å². The fraction of sp³-hybridized carbons (Fsp3) is 0.389. The second-order valence-corrected chi connectivity index (χ2v) is 6.08. The lowest BCUT2D eigenvalue weighted by Gasteiger charge is -2.11. The molecule has 0 atom stereocenters. The topological polar surface area (TPSA) is 44.2 Å². The lowest BCUT2D eigenvalue weighted by molar-refractivity contribution is 0.240. The van der Waals surface area contributed by atoms with Crippen LogP contribution in [0.3, 0.4) is 0 Å². The Labute approximate surface area is 153 Å². The van der Waals surface area contributed by atoms with Crippen molar-refractivity contribution in [2.45, 2.75) is 39.0 Å². The largest absolute Gasteiger partial charge is 0.457 e. The normalized spacial score (nSPS) is 10.4. The Hall–Kier alpha value is -1.72. The molecule has 1 heterocycles. The first kappa shape index (κ1) is 18.6. The number of nitrogens with zero attached hydrogens (tertiary/aromatic N) is 2. The van der Waals surface area contributed by atoms with Crippen molar-refractivity contribution in [2.24, 2.45) is 0 Å².